The van der Waals surface area contributed by atoms with Gasteiger partial charge in [0.25, 0.3) is 0 Å². The predicted octanol–water partition coefficient (Wildman–Crippen LogP) is 2.33. The average Bonchev–Trinajstić information content (AvgIpc) is 2.85. The molecule has 2 saturated heterocycles. The average molecular weight is 380 g/mol. The van der Waals surface area contributed by atoms with E-state index >= 15 is 0 Å². The highest BCUT2D eigenvalue weighted by Crippen LogP contribution is 2.33. The Bertz CT molecular complexity index is 623. The first-order chi connectivity index (χ1) is 9.48. The van der Waals surface area contributed by atoms with Gasteiger partial charge in [0, 0.05) is 17.6 Å². The van der Waals surface area contributed by atoms with Gasteiger partial charge in [0.2, 0.25) is 10.0 Å². The van der Waals surface area contributed by atoms with Crippen LogP contribution in [0.25, 0.3) is 0 Å². The van der Waals surface area contributed by atoms with Crippen molar-refractivity contribution in [3.05, 3.63) is 27.7 Å². The van der Waals surface area contributed by atoms with Crippen molar-refractivity contribution in [2.24, 2.45) is 11.8 Å². The molecule has 7 heteroatoms. The summed E-state index contributed by atoms with van der Waals surface area (Å²) in [4.78, 5) is 0.201. The highest BCUT2D eigenvalue weighted by Gasteiger charge is 2.38. The van der Waals surface area contributed by atoms with Gasteiger partial charge in [-0.15, -0.1) is 0 Å². The van der Waals surface area contributed by atoms with Crippen LogP contribution in [-0.4, -0.2) is 38.9 Å². The van der Waals surface area contributed by atoms with Gasteiger partial charge in [-0.05, 0) is 49.5 Å². The van der Waals surface area contributed by atoms with Crippen molar-refractivity contribution in [1.82, 2.24) is 9.62 Å². The molecule has 4 nitrogen and oxygen atoms in total. The van der Waals surface area contributed by atoms with Gasteiger partial charge in [0.15, 0.2) is 0 Å². The third-order valence-electron chi connectivity index (χ3n) is 4.18. The lowest BCUT2D eigenvalue weighted by Gasteiger charge is -2.33. The van der Waals surface area contributed by atoms with Gasteiger partial charge >= 0.3 is 0 Å². The fourth-order valence-corrected chi connectivity index (χ4v) is 5.57. The molecule has 2 atom stereocenters. The van der Waals surface area contributed by atoms with E-state index in [-0.39, 0.29) is 9.92 Å². The Morgan fingerprint density at radius 3 is 2.80 bits per heavy atom. The normalized spacial score (nSPS) is 27.5. The molecule has 0 radical (unpaired) electrons. The van der Waals surface area contributed by atoms with Crippen LogP contribution < -0.4 is 5.32 Å². The molecular weight excluding hydrogens is 364 g/mol. The van der Waals surface area contributed by atoms with Gasteiger partial charge in [-0.25, -0.2) is 8.42 Å². The molecule has 2 aliphatic rings. The van der Waals surface area contributed by atoms with E-state index < -0.39 is 10.0 Å². The number of sulfonamides is 1. The van der Waals surface area contributed by atoms with E-state index in [9.17, 15) is 8.42 Å². The zero-order valence-corrected chi connectivity index (χ0v) is 14.0. The lowest BCUT2D eigenvalue weighted by molar-refractivity contribution is 0.228. The van der Waals surface area contributed by atoms with E-state index in [0.29, 0.717) is 24.9 Å². The lowest BCUT2D eigenvalue weighted by atomic mass is 9.90. The Kier molecular flexibility index (Phi) is 4.12. The summed E-state index contributed by atoms with van der Waals surface area (Å²) in [5.74, 6) is 1.04. The number of hydrogen-bond donors (Lipinski definition) is 1. The van der Waals surface area contributed by atoms with E-state index in [1.807, 2.05) is 0 Å². The number of fused-ring (bicyclic) bond motifs is 1. The molecule has 1 N–H and O–H groups in total. The number of halogens is 2. The molecule has 0 spiro atoms. The van der Waals surface area contributed by atoms with Crippen LogP contribution in [0.2, 0.25) is 5.02 Å². The van der Waals surface area contributed by atoms with Crippen LogP contribution in [-0.2, 0) is 10.0 Å². The molecular formula is C13H16BrClN2O2S. The topological polar surface area (TPSA) is 49.4 Å². The molecule has 0 aromatic heterocycles. The summed E-state index contributed by atoms with van der Waals surface area (Å²) >= 11 is 9.39. The largest absolute Gasteiger partial charge is 0.316 e. The van der Waals surface area contributed by atoms with Gasteiger partial charge in [-0.1, -0.05) is 27.5 Å². The zero-order valence-electron chi connectivity index (χ0n) is 10.9. The summed E-state index contributed by atoms with van der Waals surface area (Å²) in [7, 11) is -3.50. The minimum atomic E-state index is -3.50. The molecule has 1 aromatic carbocycles. The quantitative estimate of drug-likeness (QED) is 0.858. The summed E-state index contributed by atoms with van der Waals surface area (Å²) in [6, 6.07) is 4.90. The van der Waals surface area contributed by atoms with Crippen LogP contribution in [0.1, 0.15) is 6.42 Å². The third-order valence-corrected chi connectivity index (χ3v) is 7.02. The van der Waals surface area contributed by atoms with Crippen molar-refractivity contribution in [2.45, 2.75) is 11.3 Å². The molecule has 3 rings (SSSR count). The Morgan fingerprint density at radius 2 is 2.05 bits per heavy atom. The second-order valence-electron chi connectivity index (χ2n) is 5.40. The zero-order chi connectivity index (χ0) is 14.3. The Morgan fingerprint density at radius 1 is 1.30 bits per heavy atom. The van der Waals surface area contributed by atoms with Crippen molar-refractivity contribution in [1.29, 1.82) is 0 Å². The number of nitrogens with one attached hydrogen (secondary N) is 1. The van der Waals surface area contributed by atoms with Crippen LogP contribution in [0.3, 0.4) is 0 Å². The standard InChI is InChI=1S/C13H16BrClN2O2S/c14-11-1-2-13(12(15)5-11)20(18,19)17-4-3-9-6-16-7-10(9)8-17/h1-2,5,9-10,16H,3-4,6-8H2. The lowest BCUT2D eigenvalue weighted by Crippen LogP contribution is -2.43. The number of rotatable bonds is 2. The maximum Gasteiger partial charge on any atom is 0.244 e. The highest BCUT2D eigenvalue weighted by atomic mass is 79.9. The fraction of sp³-hybridized carbons (Fsp3) is 0.538. The van der Waals surface area contributed by atoms with Crippen molar-refractivity contribution in [3.8, 4) is 0 Å². The third kappa shape index (κ3) is 2.64. The first-order valence-electron chi connectivity index (χ1n) is 6.64. The van der Waals surface area contributed by atoms with Crippen molar-refractivity contribution in [3.63, 3.8) is 0 Å². The van der Waals surface area contributed by atoms with Crippen LogP contribution in [0.4, 0.5) is 0 Å². The van der Waals surface area contributed by atoms with Crippen molar-refractivity contribution < 1.29 is 8.42 Å². The van der Waals surface area contributed by atoms with Crippen LogP contribution >= 0.6 is 27.5 Å². The number of hydrogen-bond acceptors (Lipinski definition) is 3. The fourth-order valence-electron chi connectivity index (χ4n) is 3.04. The number of nitrogens with zero attached hydrogens (tertiary/aromatic N) is 1. The Labute approximate surface area is 132 Å². The molecule has 0 amide bonds. The van der Waals surface area contributed by atoms with E-state index in [2.05, 4.69) is 21.2 Å². The first kappa shape index (κ1) is 14.8. The maximum atomic E-state index is 12.7. The SMILES string of the molecule is O=S(=O)(c1ccc(Br)cc1Cl)N1CCC2CNCC2C1. The van der Waals surface area contributed by atoms with E-state index in [1.54, 1.807) is 22.5 Å². The molecule has 2 heterocycles. The molecule has 2 aliphatic heterocycles. The predicted molar refractivity (Wildman–Crippen MR) is 82.4 cm³/mol. The molecule has 0 aliphatic carbocycles. The summed E-state index contributed by atoms with van der Waals surface area (Å²) in [5, 5.41) is 3.61. The van der Waals surface area contributed by atoms with Crippen molar-refractivity contribution in [2.75, 3.05) is 26.2 Å². The van der Waals surface area contributed by atoms with Gasteiger partial charge in [-0.3, -0.25) is 0 Å². The summed E-state index contributed by atoms with van der Waals surface area (Å²) in [5.41, 5.74) is 0. The van der Waals surface area contributed by atoms with Crippen LogP contribution in [0.15, 0.2) is 27.6 Å². The maximum absolute atomic E-state index is 12.7. The molecule has 20 heavy (non-hydrogen) atoms. The summed E-state index contributed by atoms with van der Waals surface area (Å²) in [6.07, 6.45) is 0.922. The second-order valence-corrected chi connectivity index (χ2v) is 8.63. The summed E-state index contributed by atoms with van der Waals surface area (Å²) in [6.45, 7) is 3.09. The molecule has 0 saturated carbocycles. The molecule has 2 unspecified atom stereocenters. The summed E-state index contributed by atoms with van der Waals surface area (Å²) < 4.78 is 27.8. The van der Waals surface area contributed by atoms with Gasteiger partial charge < -0.3 is 5.32 Å². The minimum Gasteiger partial charge on any atom is -0.316 e. The number of benzene rings is 1. The Balaban J connectivity index is 1.88. The van der Waals surface area contributed by atoms with Gasteiger partial charge in [0.1, 0.15) is 4.90 Å². The smallest absolute Gasteiger partial charge is 0.244 e. The first-order valence-corrected chi connectivity index (χ1v) is 9.25. The van der Waals surface area contributed by atoms with Crippen LogP contribution in [0, 0.1) is 11.8 Å². The number of piperidine rings is 1. The molecule has 110 valence electrons. The van der Waals surface area contributed by atoms with Gasteiger partial charge in [-0.2, -0.15) is 4.31 Å². The molecule has 1 aromatic rings. The van der Waals surface area contributed by atoms with Crippen LogP contribution in [0.5, 0.6) is 0 Å². The molecule has 2 fully saturated rings. The molecule has 0 bridgehead atoms. The van der Waals surface area contributed by atoms with E-state index in [1.165, 1.54) is 0 Å². The highest BCUT2D eigenvalue weighted by molar-refractivity contribution is 9.10. The monoisotopic (exact) mass is 378 g/mol. The second kappa shape index (κ2) is 5.57. The van der Waals surface area contributed by atoms with E-state index in [0.717, 1.165) is 24.0 Å². The van der Waals surface area contributed by atoms with Crippen molar-refractivity contribution >= 4 is 37.6 Å². The van der Waals surface area contributed by atoms with E-state index in [4.69, 9.17) is 11.6 Å². The van der Waals surface area contributed by atoms with Gasteiger partial charge in [0.05, 0.1) is 5.02 Å². The minimum absolute atomic E-state index is 0.201. The Hall–Kier alpha value is -0.140.